The first-order valence-electron chi connectivity index (χ1n) is 3.21. The average molecular weight is 131 g/mol. The van der Waals surface area contributed by atoms with Crippen molar-refractivity contribution in [2.75, 3.05) is 6.54 Å². The molecule has 1 fully saturated rings. The van der Waals surface area contributed by atoms with Gasteiger partial charge in [0.1, 0.15) is 0 Å². The summed E-state index contributed by atoms with van der Waals surface area (Å²) in [5.74, 6) is 0.905. The van der Waals surface area contributed by atoms with Crippen LogP contribution in [-0.4, -0.2) is 17.3 Å². The van der Waals surface area contributed by atoms with Crippen LogP contribution in [0, 0.1) is 5.92 Å². The lowest BCUT2D eigenvalue weighted by molar-refractivity contribution is 0.464. The van der Waals surface area contributed by atoms with E-state index in [4.69, 9.17) is 0 Å². The third-order valence-electron chi connectivity index (χ3n) is 1.83. The molecular weight excluding hydrogens is 117 g/mol. The molecule has 3 atom stereocenters. The Morgan fingerprint density at radius 3 is 2.25 bits per heavy atom. The predicted molar refractivity (Wildman–Crippen MR) is 39.7 cm³/mol. The molecule has 0 radical (unpaired) electrons. The Labute approximate surface area is 53.7 Å². The van der Waals surface area contributed by atoms with Gasteiger partial charge in [-0.2, -0.15) is 0 Å². The molecule has 0 aromatic carbocycles. The average Bonchev–Trinajstić information content (AvgIpc) is 1.85. The first-order valence-corrected chi connectivity index (χ1v) is 3.73. The molecule has 0 aromatic rings. The van der Waals surface area contributed by atoms with Crippen LogP contribution in [0.2, 0.25) is 0 Å². The highest BCUT2D eigenvalue weighted by Gasteiger charge is 2.21. The van der Waals surface area contributed by atoms with E-state index in [1.54, 1.807) is 0 Å². The summed E-state index contributed by atoms with van der Waals surface area (Å²) in [6.07, 6.45) is 1.36. The van der Waals surface area contributed by atoms with Crippen molar-refractivity contribution in [3.05, 3.63) is 0 Å². The monoisotopic (exact) mass is 131 g/mol. The molecule has 48 valence electrons. The molecule has 0 bridgehead atoms. The summed E-state index contributed by atoms with van der Waals surface area (Å²) in [5.41, 5.74) is 0. The molecule has 8 heavy (non-hydrogen) atoms. The molecule has 2 heteroatoms. The van der Waals surface area contributed by atoms with Crippen molar-refractivity contribution in [1.29, 1.82) is 0 Å². The van der Waals surface area contributed by atoms with Crippen LogP contribution < -0.4 is 0 Å². The molecule has 0 aliphatic carbocycles. The summed E-state index contributed by atoms with van der Waals surface area (Å²) in [7, 11) is 2.77. The fraction of sp³-hybridized carbons (Fsp3) is 1.00. The van der Waals surface area contributed by atoms with Crippen molar-refractivity contribution in [3.63, 3.8) is 0 Å². The molecule has 1 heterocycles. The van der Waals surface area contributed by atoms with Gasteiger partial charge in [-0.3, -0.25) is 4.67 Å². The predicted octanol–water partition coefficient (Wildman–Crippen LogP) is 1.51. The molecule has 1 aliphatic heterocycles. The van der Waals surface area contributed by atoms with E-state index >= 15 is 0 Å². The van der Waals surface area contributed by atoms with Crippen LogP contribution in [0.5, 0.6) is 0 Å². The van der Waals surface area contributed by atoms with Gasteiger partial charge in [-0.1, -0.05) is 16.3 Å². The highest BCUT2D eigenvalue weighted by atomic mass is 31.0. The van der Waals surface area contributed by atoms with Gasteiger partial charge in [0, 0.05) is 12.6 Å². The summed E-state index contributed by atoms with van der Waals surface area (Å²) in [6, 6.07) is 0.787. The quantitative estimate of drug-likeness (QED) is 0.450. The zero-order valence-electron chi connectivity index (χ0n) is 5.59. The molecule has 2 unspecified atom stereocenters. The van der Waals surface area contributed by atoms with Gasteiger partial charge in [0.25, 0.3) is 0 Å². The van der Waals surface area contributed by atoms with E-state index in [2.05, 4.69) is 27.9 Å². The first kappa shape index (κ1) is 6.51. The van der Waals surface area contributed by atoms with E-state index < -0.39 is 0 Å². The van der Waals surface area contributed by atoms with Crippen LogP contribution in [0.25, 0.3) is 0 Å². The second kappa shape index (κ2) is 2.33. The summed E-state index contributed by atoms with van der Waals surface area (Å²) in [4.78, 5) is 0. The van der Waals surface area contributed by atoms with E-state index in [1.807, 2.05) is 0 Å². The van der Waals surface area contributed by atoms with Gasteiger partial charge in [-0.25, -0.2) is 0 Å². The van der Waals surface area contributed by atoms with Crippen LogP contribution in [0.15, 0.2) is 0 Å². The van der Waals surface area contributed by atoms with Crippen molar-refractivity contribution in [2.24, 2.45) is 5.92 Å². The third kappa shape index (κ3) is 1.21. The lowest BCUT2D eigenvalue weighted by Gasteiger charge is -2.11. The second-order valence-electron chi connectivity index (χ2n) is 2.89. The lowest BCUT2D eigenvalue weighted by atomic mass is 10.1. The molecule has 0 N–H and O–H groups in total. The van der Waals surface area contributed by atoms with E-state index in [1.165, 1.54) is 13.0 Å². The van der Waals surface area contributed by atoms with Crippen LogP contribution in [0.3, 0.4) is 0 Å². The number of hydrogen-bond donors (Lipinski definition) is 0. The van der Waals surface area contributed by atoms with Crippen molar-refractivity contribution in [3.8, 4) is 0 Å². The molecule has 1 saturated heterocycles. The van der Waals surface area contributed by atoms with Gasteiger partial charge in [0.05, 0.1) is 0 Å². The summed E-state index contributed by atoms with van der Waals surface area (Å²) >= 11 is 0. The smallest absolute Gasteiger partial charge is 0.0104 e. The van der Waals surface area contributed by atoms with Crippen molar-refractivity contribution >= 4 is 9.39 Å². The highest BCUT2D eigenvalue weighted by Crippen LogP contribution is 2.24. The van der Waals surface area contributed by atoms with Gasteiger partial charge in [0.2, 0.25) is 0 Å². The Morgan fingerprint density at radius 2 is 2.12 bits per heavy atom. The van der Waals surface area contributed by atoms with Crippen molar-refractivity contribution < 1.29 is 0 Å². The zero-order valence-corrected chi connectivity index (χ0v) is 6.75. The standard InChI is InChI=1S/C6H14NP/c1-5-3-6(2)7(8)4-5/h5-6H,3-4,8H2,1-2H3/t5-,6?/m1/s1. The summed E-state index contributed by atoms with van der Waals surface area (Å²) in [6.45, 7) is 5.84. The largest absolute Gasteiger partial charge is 0.284 e. The minimum Gasteiger partial charge on any atom is -0.284 e. The van der Waals surface area contributed by atoms with Gasteiger partial charge >= 0.3 is 0 Å². The topological polar surface area (TPSA) is 3.24 Å². The number of hydrogen-bond acceptors (Lipinski definition) is 1. The first-order chi connectivity index (χ1) is 3.70. The van der Waals surface area contributed by atoms with Gasteiger partial charge in [0.15, 0.2) is 0 Å². The Hall–Kier alpha value is 0.390. The Morgan fingerprint density at radius 1 is 1.50 bits per heavy atom. The number of nitrogens with zero attached hydrogens (tertiary/aromatic N) is 1. The minimum absolute atomic E-state index is 0.787. The summed E-state index contributed by atoms with van der Waals surface area (Å²) in [5, 5.41) is 0. The minimum atomic E-state index is 0.787. The Kier molecular flexibility index (Phi) is 1.89. The van der Waals surface area contributed by atoms with E-state index in [0.29, 0.717) is 0 Å². The van der Waals surface area contributed by atoms with Crippen LogP contribution in [0.4, 0.5) is 0 Å². The van der Waals surface area contributed by atoms with Crippen molar-refractivity contribution in [1.82, 2.24) is 4.67 Å². The molecule has 0 aromatic heterocycles. The van der Waals surface area contributed by atoms with E-state index in [-0.39, 0.29) is 0 Å². The normalized spacial score (nSPS) is 40.9. The fourth-order valence-electron chi connectivity index (χ4n) is 1.33. The van der Waals surface area contributed by atoms with Crippen molar-refractivity contribution in [2.45, 2.75) is 26.3 Å². The second-order valence-corrected chi connectivity index (χ2v) is 3.55. The lowest BCUT2D eigenvalue weighted by Crippen LogP contribution is -2.14. The van der Waals surface area contributed by atoms with Crippen LogP contribution in [-0.2, 0) is 0 Å². The summed E-state index contributed by atoms with van der Waals surface area (Å²) < 4.78 is 2.34. The maximum absolute atomic E-state index is 2.77. The fourth-order valence-corrected chi connectivity index (χ4v) is 1.81. The number of rotatable bonds is 0. The maximum Gasteiger partial charge on any atom is 0.0104 e. The van der Waals surface area contributed by atoms with Crippen LogP contribution in [0.1, 0.15) is 20.3 Å². The van der Waals surface area contributed by atoms with Crippen LogP contribution >= 0.6 is 9.39 Å². The van der Waals surface area contributed by atoms with E-state index in [9.17, 15) is 0 Å². The van der Waals surface area contributed by atoms with Gasteiger partial charge in [-0.15, -0.1) is 0 Å². The van der Waals surface area contributed by atoms with E-state index in [0.717, 1.165) is 12.0 Å². The molecular formula is C6H14NP. The van der Waals surface area contributed by atoms with Gasteiger partial charge < -0.3 is 0 Å². The SMILES string of the molecule is CC1C[C@@H](C)CN1P. The molecule has 0 spiro atoms. The third-order valence-corrected chi connectivity index (χ3v) is 2.55. The molecule has 0 amide bonds. The molecule has 0 saturated carbocycles. The molecule has 1 rings (SSSR count). The maximum atomic E-state index is 2.77. The Balaban J connectivity index is 2.39. The van der Waals surface area contributed by atoms with Gasteiger partial charge in [-0.05, 0) is 19.3 Å². The molecule has 1 aliphatic rings. The molecule has 1 nitrogen and oxygen atoms in total. The Bertz CT molecular complexity index is 74.6. The highest BCUT2D eigenvalue weighted by molar-refractivity contribution is 7.13. The zero-order chi connectivity index (χ0) is 6.15.